The lowest BCUT2D eigenvalue weighted by atomic mass is 10.1. The highest BCUT2D eigenvalue weighted by molar-refractivity contribution is 7.14. The zero-order valence-electron chi connectivity index (χ0n) is 13.0. The van der Waals surface area contributed by atoms with Crippen molar-refractivity contribution in [3.63, 3.8) is 0 Å². The second-order valence-electron chi connectivity index (χ2n) is 5.48. The molecular formula is C17H14FNO4S. The van der Waals surface area contributed by atoms with Crippen molar-refractivity contribution in [1.82, 2.24) is 4.57 Å². The van der Waals surface area contributed by atoms with E-state index in [-0.39, 0.29) is 22.4 Å². The van der Waals surface area contributed by atoms with Crippen LogP contribution in [0.25, 0.3) is 10.9 Å². The first-order valence-corrected chi connectivity index (χ1v) is 7.97. The second-order valence-corrected chi connectivity index (χ2v) is 6.77. The van der Waals surface area contributed by atoms with Crippen LogP contribution < -0.4 is 0 Å². The monoisotopic (exact) mass is 347 g/mol. The van der Waals surface area contributed by atoms with Crippen LogP contribution in [0.15, 0.2) is 24.3 Å². The molecule has 0 radical (unpaired) electrons. The summed E-state index contributed by atoms with van der Waals surface area (Å²) in [5.74, 6) is -2.98. The van der Waals surface area contributed by atoms with E-state index in [9.17, 15) is 19.1 Å². The van der Waals surface area contributed by atoms with Gasteiger partial charge < -0.3 is 10.2 Å². The number of aromatic nitrogens is 1. The number of phenols is 1. The van der Waals surface area contributed by atoms with Gasteiger partial charge in [-0.2, -0.15) is 0 Å². The predicted molar refractivity (Wildman–Crippen MR) is 88.4 cm³/mol. The molecule has 0 atom stereocenters. The number of hydrogen-bond donors (Lipinski definition) is 2. The number of carboxylic acids is 1. The zero-order valence-corrected chi connectivity index (χ0v) is 13.8. The number of halogens is 1. The maximum atomic E-state index is 14.4. The summed E-state index contributed by atoms with van der Waals surface area (Å²) < 4.78 is 15.7. The fraction of sp³-hybridized carbons (Fsp3) is 0.176. The normalized spacial score (nSPS) is 11.1. The van der Waals surface area contributed by atoms with Crippen molar-refractivity contribution >= 4 is 34.1 Å². The summed E-state index contributed by atoms with van der Waals surface area (Å²) in [4.78, 5) is 25.4. The highest BCUT2D eigenvalue weighted by atomic mass is 32.1. The Labute approximate surface area is 140 Å². The van der Waals surface area contributed by atoms with Crippen molar-refractivity contribution in [2.45, 2.75) is 20.3 Å². The lowest BCUT2D eigenvalue weighted by Gasteiger charge is -2.05. The molecule has 7 heteroatoms. The van der Waals surface area contributed by atoms with Crippen molar-refractivity contribution in [3.8, 4) is 5.75 Å². The van der Waals surface area contributed by atoms with E-state index in [0.29, 0.717) is 10.6 Å². The van der Waals surface area contributed by atoms with Crippen molar-refractivity contribution in [1.29, 1.82) is 0 Å². The van der Waals surface area contributed by atoms with E-state index < -0.39 is 24.0 Å². The maximum Gasteiger partial charge on any atom is 0.307 e. The fourth-order valence-electron chi connectivity index (χ4n) is 2.81. The smallest absolute Gasteiger partial charge is 0.307 e. The Balaban J connectivity index is 2.32. The molecule has 5 nitrogen and oxygen atoms in total. The Morgan fingerprint density at radius 2 is 1.92 bits per heavy atom. The molecule has 3 aromatic rings. The van der Waals surface area contributed by atoms with Gasteiger partial charge in [-0.25, -0.2) is 4.39 Å². The van der Waals surface area contributed by atoms with Crippen molar-refractivity contribution < 1.29 is 24.2 Å². The zero-order chi connectivity index (χ0) is 17.6. The topological polar surface area (TPSA) is 79.5 Å². The molecule has 0 aliphatic heterocycles. The van der Waals surface area contributed by atoms with Crippen LogP contribution in [0.4, 0.5) is 4.39 Å². The van der Waals surface area contributed by atoms with Crippen LogP contribution in [-0.4, -0.2) is 26.7 Å². The van der Waals surface area contributed by atoms with E-state index in [1.54, 1.807) is 13.0 Å². The van der Waals surface area contributed by atoms with Gasteiger partial charge >= 0.3 is 5.97 Å². The molecule has 0 bridgehead atoms. The van der Waals surface area contributed by atoms with Gasteiger partial charge in [0.2, 0.25) is 0 Å². The average Bonchev–Trinajstić information content (AvgIpc) is 3.05. The first kappa shape index (κ1) is 16.2. The minimum atomic E-state index is -1.14. The van der Waals surface area contributed by atoms with E-state index in [1.165, 1.54) is 22.0 Å². The van der Waals surface area contributed by atoms with Gasteiger partial charge in [0, 0.05) is 16.0 Å². The third kappa shape index (κ3) is 2.46. The quantitative estimate of drug-likeness (QED) is 0.760. The van der Waals surface area contributed by atoms with Gasteiger partial charge in [0.1, 0.15) is 0 Å². The van der Waals surface area contributed by atoms with Crippen LogP contribution >= 0.6 is 11.3 Å². The molecule has 0 aliphatic rings. The molecule has 0 saturated heterocycles. The van der Waals surface area contributed by atoms with Gasteiger partial charge in [-0.3, -0.25) is 14.2 Å². The number of fused-ring (bicyclic) bond motifs is 1. The summed E-state index contributed by atoms with van der Waals surface area (Å²) in [7, 11) is 0. The van der Waals surface area contributed by atoms with E-state index in [2.05, 4.69) is 0 Å². The van der Waals surface area contributed by atoms with Gasteiger partial charge in [-0.1, -0.05) is 0 Å². The van der Waals surface area contributed by atoms with Crippen LogP contribution in [0.3, 0.4) is 0 Å². The molecule has 0 fully saturated rings. The lowest BCUT2D eigenvalue weighted by molar-refractivity contribution is -0.136. The summed E-state index contributed by atoms with van der Waals surface area (Å²) >= 11 is 1.31. The Hall–Kier alpha value is -2.67. The Morgan fingerprint density at radius 1 is 1.21 bits per heavy atom. The van der Waals surface area contributed by atoms with Gasteiger partial charge in [0.15, 0.2) is 11.6 Å². The summed E-state index contributed by atoms with van der Waals surface area (Å²) in [5.41, 5.74) is 0.788. The standard InChI is InChI=1S/C17H14FNO4S/c1-8-3-6-13(24-8)17(23)19-9(2)10(7-14(21)22)15-11(19)4-5-12(20)16(15)18/h3-6,20H,7H2,1-2H3,(H,21,22). The molecule has 2 aromatic heterocycles. The van der Waals surface area contributed by atoms with Gasteiger partial charge in [-0.15, -0.1) is 11.3 Å². The lowest BCUT2D eigenvalue weighted by Crippen LogP contribution is -2.12. The highest BCUT2D eigenvalue weighted by Gasteiger charge is 2.25. The summed E-state index contributed by atoms with van der Waals surface area (Å²) in [6.07, 6.45) is -0.438. The second kappa shape index (κ2) is 5.76. The fourth-order valence-corrected chi connectivity index (χ4v) is 3.61. The number of thiophene rings is 1. The number of aliphatic carboxylic acids is 1. The number of benzene rings is 1. The number of aromatic hydroxyl groups is 1. The number of carboxylic acid groups (broad SMARTS) is 1. The maximum absolute atomic E-state index is 14.4. The molecular weight excluding hydrogens is 333 g/mol. The molecule has 0 unspecified atom stereocenters. The molecule has 0 aliphatic carbocycles. The number of carbonyl (C=O) groups excluding carboxylic acids is 1. The number of carbonyl (C=O) groups is 2. The van der Waals surface area contributed by atoms with Crippen LogP contribution in [0, 0.1) is 19.7 Å². The first-order chi connectivity index (χ1) is 11.3. The van der Waals surface area contributed by atoms with Crippen LogP contribution in [0.1, 0.15) is 25.8 Å². The Morgan fingerprint density at radius 3 is 2.50 bits per heavy atom. The minimum absolute atomic E-state index is 0.0310. The van der Waals surface area contributed by atoms with Crippen molar-refractivity contribution in [2.75, 3.05) is 0 Å². The van der Waals surface area contributed by atoms with Crippen LogP contribution in [-0.2, 0) is 11.2 Å². The average molecular weight is 347 g/mol. The molecule has 124 valence electrons. The number of nitrogens with zero attached hydrogens (tertiary/aromatic N) is 1. The largest absolute Gasteiger partial charge is 0.505 e. The molecule has 3 rings (SSSR count). The van der Waals surface area contributed by atoms with Crippen LogP contribution in [0.5, 0.6) is 5.75 Å². The Bertz CT molecular complexity index is 986. The van der Waals surface area contributed by atoms with Crippen molar-refractivity contribution in [3.05, 3.63) is 51.1 Å². The summed E-state index contributed by atoms with van der Waals surface area (Å²) in [5, 5.41) is 18.7. The van der Waals surface area contributed by atoms with Gasteiger partial charge in [0.25, 0.3) is 5.91 Å². The third-order valence-electron chi connectivity index (χ3n) is 3.90. The SMILES string of the molecule is Cc1ccc(C(=O)n2c(C)c(CC(=O)O)c3c(F)c(O)ccc32)s1. The molecule has 1 aromatic carbocycles. The van der Waals surface area contributed by atoms with E-state index in [0.717, 1.165) is 10.9 Å². The van der Waals surface area contributed by atoms with Gasteiger partial charge in [0.05, 0.1) is 16.8 Å². The van der Waals surface area contributed by atoms with Gasteiger partial charge in [-0.05, 0) is 43.7 Å². The van der Waals surface area contributed by atoms with E-state index >= 15 is 0 Å². The number of phenolic OH excluding ortho intramolecular Hbond substituents is 1. The molecule has 2 N–H and O–H groups in total. The summed E-state index contributed by atoms with van der Waals surface area (Å²) in [6.45, 7) is 3.45. The molecule has 0 spiro atoms. The van der Waals surface area contributed by atoms with E-state index in [4.69, 9.17) is 5.11 Å². The van der Waals surface area contributed by atoms with Crippen LogP contribution in [0.2, 0.25) is 0 Å². The molecule has 24 heavy (non-hydrogen) atoms. The molecule has 0 saturated carbocycles. The third-order valence-corrected chi connectivity index (χ3v) is 4.89. The van der Waals surface area contributed by atoms with Crippen molar-refractivity contribution in [2.24, 2.45) is 0 Å². The number of rotatable bonds is 3. The first-order valence-electron chi connectivity index (χ1n) is 7.15. The number of hydrogen-bond acceptors (Lipinski definition) is 4. The molecule has 0 amide bonds. The molecule has 2 heterocycles. The Kier molecular flexibility index (Phi) is 3.88. The summed E-state index contributed by atoms with van der Waals surface area (Å²) in [6, 6.07) is 6.07. The van der Waals surface area contributed by atoms with E-state index in [1.807, 2.05) is 13.0 Å². The predicted octanol–water partition coefficient (Wildman–Crippen LogP) is 3.48. The number of aryl methyl sites for hydroxylation is 1. The highest BCUT2D eigenvalue weighted by Crippen LogP contribution is 2.34. The minimum Gasteiger partial charge on any atom is -0.505 e.